The minimum atomic E-state index is -4.77. The number of hydrogen-bond donors (Lipinski definition) is 1. The summed E-state index contributed by atoms with van der Waals surface area (Å²) in [6.45, 7) is 5.52. The van der Waals surface area contributed by atoms with E-state index in [-0.39, 0.29) is 29.4 Å². The number of alkyl halides is 3. The zero-order chi connectivity index (χ0) is 27.0. The van der Waals surface area contributed by atoms with E-state index >= 15 is 0 Å². The van der Waals surface area contributed by atoms with Gasteiger partial charge in [0.2, 0.25) is 5.91 Å². The van der Waals surface area contributed by atoms with Crippen molar-refractivity contribution in [1.82, 2.24) is 5.32 Å². The van der Waals surface area contributed by atoms with Gasteiger partial charge in [0, 0.05) is 17.7 Å². The van der Waals surface area contributed by atoms with Crippen LogP contribution in [0.15, 0.2) is 71.7 Å². The molecule has 4 rings (SSSR count). The fourth-order valence-electron chi connectivity index (χ4n) is 4.30. The van der Waals surface area contributed by atoms with Crippen LogP contribution < -0.4 is 10.1 Å². The third kappa shape index (κ3) is 6.34. The molecule has 1 N–H and O–H groups in total. The maximum Gasteiger partial charge on any atom is 0.573 e. The van der Waals surface area contributed by atoms with Gasteiger partial charge in [-0.25, -0.2) is 8.78 Å². The maximum atomic E-state index is 14.5. The molecule has 1 heterocycles. The predicted molar refractivity (Wildman–Crippen MR) is 130 cm³/mol. The van der Waals surface area contributed by atoms with Gasteiger partial charge in [0.05, 0.1) is 17.5 Å². The van der Waals surface area contributed by atoms with Crippen LogP contribution in [0.3, 0.4) is 0 Å². The van der Waals surface area contributed by atoms with E-state index in [9.17, 15) is 26.7 Å². The number of carbonyl (C=O) groups excluding carboxylic acids is 1. The number of halogens is 5. The summed E-state index contributed by atoms with van der Waals surface area (Å²) in [5.41, 5.74) is 1.48. The Labute approximate surface area is 211 Å². The number of aliphatic imine (C=N–C) groups is 1. The first kappa shape index (κ1) is 26.3. The van der Waals surface area contributed by atoms with Gasteiger partial charge in [-0.3, -0.25) is 9.79 Å². The number of benzene rings is 3. The summed E-state index contributed by atoms with van der Waals surface area (Å²) in [6.07, 6.45) is -4.71. The molecule has 0 bridgehead atoms. The second kappa shape index (κ2) is 9.95. The van der Waals surface area contributed by atoms with Gasteiger partial charge < -0.3 is 10.1 Å². The van der Waals surface area contributed by atoms with Crippen molar-refractivity contribution in [2.24, 2.45) is 10.9 Å². The molecule has 1 amide bonds. The highest BCUT2D eigenvalue weighted by Gasteiger charge is 2.38. The lowest BCUT2D eigenvalue weighted by atomic mass is 9.89. The minimum Gasteiger partial charge on any atom is -0.406 e. The fraction of sp³-hybridized carbons (Fsp3) is 0.286. The minimum absolute atomic E-state index is 0.0624. The molecule has 2 atom stereocenters. The maximum absolute atomic E-state index is 14.5. The molecule has 0 saturated carbocycles. The Kier molecular flexibility index (Phi) is 7.08. The third-order valence-electron chi connectivity index (χ3n) is 5.85. The average Bonchev–Trinajstić information content (AvgIpc) is 3.23. The fourth-order valence-corrected chi connectivity index (χ4v) is 4.30. The Morgan fingerprint density at radius 3 is 1.95 bits per heavy atom. The third-order valence-corrected chi connectivity index (χ3v) is 5.85. The second-order valence-electron chi connectivity index (χ2n) is 9.86. The van der Waals surface area contributed by atoms with E-state index in [2.05, 4.69) is 15.0 Å². The Bertz CT molecular complexity index is 1290. The summed E-state index contributed by atoms with van der Waals surface area (Å²) in [7, 11) is 0. The van der Waals surface area contributed by atoms with E-state index in [1.165, 1.54) is 30.3 Å². The summed E-state index contributed by atoms with van der Waals surface area (Å²) in [4.78, 5) is 17.7. The van der Waals surface area contributed by atoms with Crippen LogP contribution in [-0.4, -0.2) is 23.5 Å². The highest BCUT2D eigenvalue weighted by atomic mass is 19.4. The molecule has 0 saturated heterocycles. The molecule has 3 aromatic rings. The van der Waals surface area contributed by atoms with Gasteiger partial charge in [0.25, 0.3) is 0 Å². The summed E-state index contributed by atoms with van der Waals surface area (Å²) in [5, 5.41) is 2.93. The van der Waals surface area contributed by atoms with Crippen LogP contribution in [0.2, 0.25) is 0 Å². The molecular weight excluding hydrogens is 491 g/mol. The molecule has 1 aliphatic heterocycles. The predicted octanol–water partition coefficient (Wildman–Crippen LogP) is 7.00. The summed E-state index contributed by atoms with van der Waals surface area (Å²) in [6, 6.07) is 15.4. The van der Waals surface area contributed by atoms with Crippen LogP contribution in [0.25, 0.3) is 11.1 Å². The van der Waals surface area contributed by atoms with Crippen LogP contribution in [0.1, 0.15) is 44.4 Å². The zero-order valence-electron chi connectivity index (χ0n) is 20.4. The molecule has 0 fully saturated rings. The molecule has 0 radical (unpaired) electrons. The van der Waals surface area contributed by atoms with Gasteiger partial charge in [-0.15, -0.1) is 13.2 Å². The smallest absolute Gasteiger partial charge is 0.406 e. The molecule has 0 aromatic heterocycles. The number of amides is 1. The number of hydrogen-bond acceptors (Lipinski definition) is 3. The van der Waals surface area contributed by atoms with Crippen molar-refractivity contribution in [3.05, 3.63) is 89.5 Å². The van der Waals surface area contributed by atoms with Crippen molar-refractivity contribution >= 4 is 11.6 Å². The zero-order valence-corrected chi connectivity index (χ0v) is 20.4. The highest BCUT2D eigenvalue weighted by molar-refractivity contribution is 6.05. The molecule has 4 nitrogen and oxygen atoms in total. The van der Waals surface area contributed by atoms with Crippen LogP contribution in [0, 0.1) is 17.6 Å². The lowest BCUT2D eigenvalue weighted by molar-refractivity contribution is -0.274. The monoisotopic (exact) mass is 516 g/mol. The normalized spacial score (nSPS) is 17.9. The number of nitrogens with zero attached hydrogens (tertiary/aromatic N) is 1. The van der Waals surface area contributed by atoms with Crippen molar-refractivity contribution in [3.8, 4) is 16.9 Å². The number of ether oxygens (including phenoxy) is 1. The number of rotatable bonds is 5. The van der Waals surface area contributed by atoms with E-state index in [0.29, 0.717) is 11.1 Å². The van der Waals surface area contributed by atoms with Crippen molar-refractivity contribution in [2.45, 2.75) is 45.1 Å². The Balaban J connectivity index is 1.64. The lowest BCUT2D eigenvalue weighted by Crippen LogP contribution is -2.44. The van der Waals surface area contributed by atoms with Gasteiger partial charge >= 0.3 is 6.36 Å². The SMILES string of the molecule is CC(C)(C)NC(=O)[C@H]1CC(c2c(F)cccc2F)=NC1c1ccc(-c2ccc(OC(F)(F)F)cc2)cc1. The van der Waals surface area contributed by atoms with Gasteiger partial charge in [0.1, 0.15) is 17.4 Å². The average molecular weight is 517 g/mol. The molecule has 3 aromatic carbocycles. The molecule has 1 unspecified atom stereocenters. The number of carbonyl (C=O) groups is 1. The van der Waals surface area contributed by atoms with E-state index in [4.69, 9.17) is 0 Å². The summed E-state index contributed by atoms with van der Waals surface area (Å²) in [5.74, 6) is -2.78. The summed E-state index contributed by atoms with van der Waals surface area (Å²) >= 11 is 0. The van der Waals surface area contributed by atoms with Gasteiger partial charge in [-0.2, -0.15) is 0 Å². The van der Waals surface area contributed by atoms with E-state index < -0.39 is 35.5 Å². The van der Waals surface area contributed by atoms with E-state index in [1.54, 1.807) is 24.3 Å². The van der Waals surface area contributed by atoms with Gasteiger partial charge in [-0.1, -0.05) is 42.5 Å². The molecule has 1 aliphatic rings. The first-order valence-electron chi connectivity index (χ1n) is 11.6. The standard InChI is InChI=1S/C28H25F5N2O2/c1-27(2,3)35-26(36)20-15-23(24-21(29)5-4-6-22(24)30)34-25(20)18-9-7-16(8-10-18)17-11-13-19(14-12-17)37-28(31,32)33/h4-14,20,25H,15H2,1-3H3,(H,35,36)/t20-,25?/m0/s1. The van der Waals surface area contributed by atoms with Crippen molar-refractivity contribution in [2.75, 3.05) is 0 Å². The number of nitrogens with one attached hydrogen (secondary N) is 1. The van der Waals surface area contributed by atoms with Crippen LogP contribution in [0.4, 0.5) is 22.0 Å². The van der Waals surface area contributed by atoms with Gasteiger partial charge in [0.15, 0.2) is 0 Å². The van der Waals surface area contributed by atoms with Crippen LogP contribution in [-0.2, 0) is 4.79 Å². The first-order chi connectivity index (χ1) is 17.3. The Morgan fingerprint density at radius 1 is 0.892 bits per heavy atom. The molecule has 9 heteroatoms. The van der Waals surface area contributed by atoms with Gasteiger partial charge in [-0.05, 0) is 61.7 Å². The van der Waals surface area contributed by atoms with Crippen molar-refractivity contribution in [3.63, 3.8) is 0 Å². The van der Waals surface area contributed by atoms with Crippen LogP contribution >= 0.6 is 0 Å². The second-order valence-corrected chi connectivity index (χ2v) is 9.86. The quantitative estimate of drug-likeness (QED) is 0.372. The molecule has 194 valence electrons. The van der Waals surface area contributed by atoms with Crippen molar-refractivity contribution < 1.29 is 31.5 Å². The topological polar surface area (TPSA) is 50.7 Å². The highest BCUT2D eigenvalue weighted by Crippen LogP contribution is 2.39. The Morgan fingerprint density at radius 2 is 1.43 bits per heavy atom. The molecular formula is C28H25F5N2O2. The largest absolute Gasteiger partial charge is 0.573 e. The Hall–Kier alpha value is -3.75. The van der Waals surface area contributed by atoms with Crippen molar-refractivity contribution in [1.29, 1.82) is 0 Å². The molecule has 0 spiro atoms. The molecule has 0 aliphatic carbocycles. The van der Waals surface area contributed by atoms with E-state index in [1.807, 2.05) is 20.8 Å². The molecule has 37 heavy (non-hydrogen) atoms. The summed E-state index contributed by atoms with van der Waals surface area (Å²) < 4.78 is 70.1. The van der Waals surface area contributed by atoms with E-state index in [0.717, 1.165) is 17.7 Å². The van der Waals surface area contributed by atoms with Crippen LogP contribution in [0.5, 0.6) is 5.75 Å². The lowest BCUT2D eigenvalue weighted by Gasteiger charge is -2.25. The first-order valence-corrected chi connectivity index (χ1v) is 11.6.